The van der Waals surface area contributed by atoms with Crippen molar-refractivity contribution in [3.8, 4) is 5.75 Å². The van der Waals surface area contributed by atoms with Crippen molar-refractivity contribution in [2.75, 3.05) is 31.5 Å². The zero-order valence-corrected chi connectivity index (χ0v) is 24.1. The quantitative estimate of drug-likeness (QED) is 0.327. The van der Waals surface area contributed by atoms with Gasteiger partial charge in [0.05, 0.1) is 23.8 Å². The van der Waals surface area contributed by atoms with Crippen molar-refractivity contribution in [1.29, 1.82) is 0 Å². The molecule has 0 unspecified atom stereocenters. The van der Waals surface area contributed by atoms with Crippen LogP contribution in [0.5, 0.6) is 5.75 Å². The molecule has 0 radical (unpaired) electrons. The maximum absolute atomic E-state index is 13.6. The van der Waals surface area contributed by atoms with Gasteiger partial charge in [-0.25, -0.2) is 13.2 Å². The second kappa shape index (κ2) is 12.4. The molecule has 2 heterocycles. The summed E-state index contributed by atoms with van der Waals surface area (Å²) in [4.78, 5) is 28.4. The van der Waals surface area contributed by atoms with Gasteiger partial charge in [-0.2, -0.15) is 0 Å². The summed E-state index contributed by atoms with van der Waals surface area (Å²) in [7, 11) is -1.88. The molecule has 2 aromatic carbocycles. The number of carboxylic acids is 1. The average molecular weight is 588 g/mol. The first-order valence-electron chi connectivity index (χ1n) is 12.8. The summed E-state index contributed by atoms with van der Waals surface area (Å²) >= 11 is 1.09. The van der Waals surface area contributed by atoms with Crippen LogP contribution in [0.4, 0.5) is 5.69 Å². The van der Waals surface area contributed by atoms with Gasteiger partial charge in [-0.05, 0) is 61.3 Å². The SMILES string of the molecule is C[C@@H]1CN([C@H](C)CO)C(=O)c2cc(NS(=O)(=O)c3cccs3)ccc2O[C@H]1CN(C)Cc1ccc(C(=O)O)cc1. The lowest BCUT2D eigenvalue weighted by Crippen LogP contribution is -2.49. The van der Waals surface area contributed by atoms with E-state index in [1.807, 2.05) is 14.0 Å². The molecule has 40 heavy (non-hydrogen) atoms. The molecule has 1 aliphatic heterocycles. The molecule has 0 saturated heterocycles. The largest absolute Gasteiger partial charge is 0.488 e. The lowest BCUT2D eigenvalue weighted by atomic mass is 9.99. The first-order chi connectivity index (χ1) is 19.0. The number of anilines is 1. The van der Waals surface area contributed by atoms with Crippen LogP contribution < -0.4 is 9.46 Å². The average Bonchev–Trinajstić information content (AvgIpc) is 3.47. The fraction of sp³-hybridized carbons (Fsp3) is 0.357. The van der Waals surface area contributed by atoms with Crippen LogP contribution in [0, 0.1) is 5.92 Å². The standard InChI is InChI=1S/C28H33N3O7S2/c1-18-14-31(19(2)17-32)27(33)23-13-22(29-40(36,37)26-5-4-12-39-26)10-11-24(23)38-25(18)16-30(3)15-20-6-8-21(9-7-20)28(34)35/h4-13,18-19,25,29,32H,14-17H2,1-3H3,(H,34,35)/t18-,19-,25+/m1/s1. The number of rotatable bonds is 10. The monoisotopic (exact) mass is 587 g/mol. The predicted octanol–water partition coefficient (Wildman–Crippen LogP) is 3.60. The lowest BCUT2D eigenvalue weighted by molar-refractivity contribution is 0.0341. The summed E-state index contributed by atoms with van der Waals surface area (Å²) in [6.07, 6.45) is -0.336. The van der Waals surface area contributed by atoms with Crippen molar-refractivity contribution in [2.45, 2.75) is 36.7 Å². The number of thiophene rings is 1. The second-order valence-electron chi connectivity index (χ2n) is 10.1. The topological polar surface area (TPSA) is 136 Å². The van der Waals surface area contributed by atoms with Gasteiger partial charge >= 0.3 is 5.97 Å². The van der Waals surface area contributed by atoms with E-state index in [0.717, 1.165) is 16.9 Å². The zero-order valence-electron chi connectivity index (χ0n) is 22.5. The summed E-state index contributed by atoms with van der Waals surface area (Å²) in [6.45, 7) is 4.91. The Morgan fingerprint density at radius 3 is 2.58 bits per heavy atom. The number of fused-ring (bicyclic) bond motifs is 1. The number of aromatic carboxylic acids is 1. The van der Waals surface area contributed by atoms with E-state index < -0.39 is 22.0 Å². The van der Waals surface area contributed by atoms with Gasteiger partial charge in [-0.1, -0.05) is 25.1 Å². The Kier molecular flexibility index (Phi) is 9.14. The third kappa shape index (κ3) is 6.81. The van der Waals surface area contributed by atoms with E-state index in [9.17, 15) is 23.1 Å². The van der Waals surface area contributed by atoms with E-state index in [-0.39, 0.29) is 45.6 Å². The molecule has 1 aromatic heterocycles. The molecule has 1 amide bonds. The first kappa shape index (κ1) is 29.5. The summed E-state index contributed by atoms with van der Waals surface area (Å²) in [5.41, 5.74) is 1.60. The van der Waals surface area contributed by atoms with Crippen molar-refractivity contribution in [1.82, 2.24) is 9.80 Å². The Hall–Kier alpha value is -3.45. The number of carboxylic acid groups (broad SMARTS) is 1. The number of amides is 1. The van der Waals surface area contributed by atoms with Gasteiger partial charge in [-0.3, -0.25) is 14.4 Å². The minimum Gasteiger partial charge on any atom is -0.488 e. The van der Waals surface area contributed by atoms with Crippen LogP contribution >= 0.6 is 11.3 Å². The number of sulfonamides is 1. The van der Waals surface area contributed by atoms with E-state index in [2.05, 4.69) is 9.62 Å². The highest BCUT2D eigenvalue weighted by molar-refractivity contribution is 7.94. The Morgan fingerprint density at radius 2 is 1.95 bits per heavy atom. The van der Waals surface area contributed by atoms with Crippen LogP contribution in [0.15, 0.2) is 64.2 Å². The van der Waals surface area contributed by atoms with Gasteiger partial charge in [0, 0.05) is 31.2 Å². The Balaban J connectivity index is 1.59. The normalized spacial score (nSPS) is 18.4. The molecule has 3 aromatic rings. The van der Waals surface area contributed by atoms with Crippen LogP contribution in [0.1, 0.15) is 40.1 Å². The molecule has 12 heteroatoms. The summed E-state index contributed by atoms with van der Waals surface area (Å²) in [5, 5.41) is 20.7. The van der Waals surface area contributed by atoms with Gasteiger partial charge in [0.15, 0.2) is 0 Å². The fourth-order valence-corrected chi connectivity index (χ4v) is 6.60. The number of aliphatic hydroxyl groups is 1. The van der Waals surface area contributed by atoms with Crippen molar-refractivity contribution < 1.29 is 33.0 Å². The van der Waals surface area contributed by atoms with E-state index in [1.54, 1.807) is 59.7 Å². The second-order valence-corrected chi connectivity index (χ2v) is 12.9. The molecule has 0 aliphatic carbocycles. The molecule has 0 saturated carbocycles. The van der Waals surface area contributed by atoms with Gasteiger partial charge in [0.1, 0.15) is 16.1 Å². The number of carbonyl (C=O) groups is 2. The van der Waals surface area contributed by atoms with Crippen LogP contribution in [0.3, 0.4) is 0 Å². The summed E-state index contributed by atoms with van der Waals surface area (Å²) < 4.78 is 34.6. The zero-order chi connectivity index (χ0) is 29.0. The van der Waals surface area contributed by atoms with Gasteiger partial charge in [0.2, 0.25) is 0 Å². The molecular weight excluding hydrogens is 554 g/mol. The molecule has 1 aliphatic rings. The molecule has 4 rings (SSSR count). The van der Waals surface area contributed by atoms with Gasteiger partial charge in [-0.15, -0.1) is 11.3 Å². The molecule has 214 valence electrons. The number of nitrogens with one attached hydrogen (secondary N) is 1. The van der Waals surface area contributed by atoms with Crippen molar-refractivity contribution in [3.63, 3.8) is 0 Å². The Morgan fingerprint density at radius 1 is 1.23 bits per heavy atom. The van der Waals surface area contributed by atoms with Crippen LogP contribution in [-0.4, -0.2) is 79.2 Å². The summed E-state index contributed by atoms with van der Waals surface area (Å²) in [5.74, 6) is -1.10. The highest BCUT2D eigenvalue weighted by Crippen LogP contribution is 2.32. The number of nitrogens with zero attached hydrogens (tertiary/aromatic N) is 2. The lowest BCUT2D eigenvalue weighted by Gasteiger charge is -2.38. The molecule has 0 fully saturated rings. The molecule has 10 nitrogen and oxygen atoms in total. The maximum Gasteiger partial charge on any atom is 0.335 e. The minimum absolute atomic E-state index is 0.0973. The smallest absolute Gasteiger partial charge is 0.335 e. The Labute approximate surface area is 237 Å². The predicted molar refractivity (Wildman–Crippen MR) is 152 cm³/mol. The number of aliphatic hydroxyl groups excluding tert-OH is 1. The molecule has 0 bridgehead atoms. The fourth-order valence-electron chi connectivity index (χ4n) is 4.56. The molecular formula is C28H33N3O7S2. The van der Waals surface area contributed by atoms with Crippen LogP contribution in [-0.2, 0) is 16.6 Å². The van der Waals surface area contributed by atoms with Crippen molar-refractivity contribution in [2.24, 2.45) is 5.92 Å². The van der Waals surface area contributed by atoms with E-state index in [1.165, 1.54) is 12.1 Å². The van der Waals surface area contributed by atoms with Crippen LogP contribution in [0.2, 0.25) is 0 Å². The number of likely N-dealkylation sites (N-methyl/N-ethyl adjacent to an activating group) is 1. The molecule has 0 spiro atoms. The number of ether oxygens (including phenoxy) is 1. The van der Waals surface area contributed by atoms with Gasteiger partial charge < -0.3 is 19.8 Å². The summed E-state index contributed by atoms with van der Waals surface area (Å²) in [6, 6.07) is 14.0. The highest BCUT2D eigenvalue weighted by atomic mass is 32.2. The minimum atomic E-state index is -3.81. The van der Waals surface area contributed by atoms with Crippen molar-refractivity contribution >= 4 is 38.9 Å². The van der Waals surface area contributed by atoms with E-state index >= 15 is 0 Å². The number of benzene rings is 2. The molecule has 3 atom stereocenters. The van der Waals surface area contributed by atoms with Gasteiger partial charge in [0.25, 0.3) is 15.9 Å². The number of hydrogen-bond donors (Lipinski definition) is 3. The number of hydrogen-bond acceptors (Lipinski definition) is 8. The first-order valence-corrected chi connectivity index (χ1v) is 15.1. The van der Waals surface area contributed by atoms with Crippen molar-refractivity contribution in [3.05, 3.63) is 76.7 Å². The highest BCUT2D eigenvalue weighted by Gasteiger charge is 2.33. The van der Waals surface area contributed by atoms with Crippen LogP contribution in [0.25, 0.3) is 0 Å². The third-order valence-electron chi connectivity index (χ3n) is 6.82. The third-order valence-corrected chi connectivity index (χ3v) is 9.60. The number of carbonyl (C=O) groups excluding carboxylic acids is 1. The Bertz CT molecular complexity index is 1440. The van der Waals surface area contributed by atoms with E-state index in [4.69, 9.17) is 9.84 Å². The molecule has 3 N–H and O–H groups in total. The van der Waals surface area contributed by atoms with E-state index in [0.29, 0.717) is 25.4 Å². The maximum atomic E-state index is 13.6.